The van der Waals surface area contributed by atoms with Gasteiger partial charge >= 0.3 is 0 Å². The predicted octanol–water partition coefficient (Wildman–Crippen LogP) is -0.0107. The van der Waals surface area contributed by atoms with Crippen molar-refractivity contribution >= 4 is 11.8 Å². The minimum Gasteiger partial charge on any atom is -0.316 e. The molecule has 0 spiro atoms. The number of piperidine rings is 2. The molecule has 0 bridgehead atoms. The Morgan fingerprint density at radius 1 is 1.13 bits per heavy atom. The van der Waals surface area contributed by atoms with Crippen LogP contribution in [0.4, 0.5) is 0 Å². The van der Waals surface area contributed by atoms with E-state index in [0.717, 1.165) is 13.1 Å². The molecule has 1 aliphatic carbocycles. The minimum atomic E-state index is 0.0538. The zero-order valence-corrected chi connectivity index (χ0v) is 8.90. The van der Waals surface area contributed by atoms with Gasteiger partial charge in [-0.3, -0.25) is 14.5 Å². The Labute approximate surface area is 89.0 Å². The smallest absolute Gasteiger partial charge is 0.229 e. The summed E-state index contributed by atoms with van der Waals surface area (Å²) in [7, 11) is 0. The zero-order valence-electron chi connectivity index (χ0n) is 8.90. The van der Waals surface area contributed by atoms with E-state index in [-0.39, 0.29) is 23.8 Å². The maximum absolute atomic E-state index is 11.8. The molecule has 3 aliphatic rings. The Hall–Kier alpha value is -0.900. The van der Waals surface area contributed by atoms with E-state index < -0.39 is 0 Å². The Balaban J connectivity index is 1.75. The van der Waals surface area contributed by atoms with Gasteiger partial charge in [0.05, 0.1) is 0 Å². The number of fused-ring (bicyclic) bond motifs is 1. The average molecular weight is 208 g/mol. The summed E-state index contributed by atoms with van der Waals surface area (Å²) in [6, 6.07) is 0.235. The Morgan fingerprint density at radius 2 is 1.67 bits per heavy atom. The topological polar surface area (TPSA) is 49.4 Å². The Bertz CT molecular complexity index is 301. The lowest BCUT2D eigenvalue weighted by molar-refractivity contribution is -0.151. The first-order valence-corrected chi connectivity index (χ1v) is 5.74. The van der Waals surface area contributed by atoms with Crippen molar-refractivity contribution < 1.29 is 9.59 Å². The summed E-state index contributed by atoms with van der Waals surface area (Å²) in [5.41, 5.74) is 0. The van der Waals surface area contributed by atoms with Gasteiger partial charge in [-0.05, 0) is 17.8 Å². The van der Waals surface area contributed by atoms with Crippen LogP contribution in [0.15, 0.2) is 0 Å². The van der Waals surface area contributed by atoms with E-state index in [1.807, 2.05) is 6.92 Å². The van der Waals surface area contributed by atoms with Gasteiger partial charge in [0.2, 0.25) is 11.8 Å². The van der Waals surface area contributed by atoms with Crippen LogP contribution in [0, 0.1) is 17.8 Å². The normalized spacial score (nSPS) is 40.9. The van der Waals surface area contributed by atoms with E-state index in [4.69, 9.17) is 0 Å². The molecule has 0 radical (unpaired) electrons. The van der Waals surface area contributed by atoms with E-state index in [9.17, 15) is 9.59 Å². The molecule has 4 heteroatoms. The van der Waals surface area contributed by atoms with Crippen molar-refractivity contribution in [2.24, 2.45) is 17.8 Å². The Kier molecular flexibility index (Phi) is 1.89. The SMILES string of the molecule is CC1CC(=O)N(C2C3CNCC32)C(=O)C1. The number of amides is 2. The van der Waals surface area contributed by atoms with Crippen molar-refractivity contribution in [2.75, 3.05) is 13.1 Å². The maximum atomic E-state index is 11.8. The molecule has 4 nitrogen and oxygen atoms in total. The second kappa shape index (κ2) is 3.04. The first-order chi connectivity index (χ1) is 7.18. The van der Waals surface area contributed by atoms with Gasteiger partial charge in [0, 0.05) is 32.0 Å². The molecule has 3 fully saturated rings. The molecule has 15 heavy (non-hydrogen) atoms. The fraction of sp³-hybridized carbons (Fsp3) is 0.818. The molecule has 0 aromatic carbocycles. The van der Waals surface area contributed by atoms with Gasteiger partial charge in [0.15, 0.2) is 0 Å². The first-order valence-electron chi connectivity index (χ1n) is 5.74. The second-order valence-electron chi connectivity index (χ2n) is 5.15. The maximum Gasteiger partial charge on any atom is 0.229 e. The van der Waals surface area contributed by atoms with Gasteiger partial charge in [-0.25, -0.2) is 0 Å². The van der Waals surface area contributed by atoms with Gasteiger partial charge in [-0.1, -0.05) is 6.92 Å². The number of hydrogen-bond donors (Lipinski definition) is 1. The molecular weight excluding hydrogens is 192 g/mol. The molecule has 0 aromatic heterocycles. The molecule has 2 saturated heterocycles. The molecule has 2 heterocycles. The van der Waals surface area contributed by atoms with Crippen molar-refractivity contribution in [3.05, 3.63) is 0 Å². The van der Waals surface area contributed by atoms with Gasteiger partial charge in [0.25, 0.3) is 0 Å². The van der Waals surface area contributed by atoms with Crippen molar-refractivity contribution in [1.29, 1.82) is 0 Å². The number of rotatable bonds is 1. The van der Waals surface area contributed by atoms with Crippen molar-refractivity contribution in [3.8, 4) is 0 Å². The summed E-state index contributed by atoms with van der Waals surface area (Å²) in [6.45, 7) is 3.92. The van der Waals surface area contributed by atoms with Crippen LogP contribution < -0.4 is 5.32 Å². The van der Waals surface area contributed by atoms with Crippen LogP contribution >= 0.6 is 0 Å². The molecule has 0 aromatic rings. The number of hydrogen-bond acceptors (Lipinski definition) is 3. The standard InChI is InChI=1S/C11H16N2O2/c1-6-2-9(14)13(10(15)3-6)11-7-4-12-5-8(7)11/h6-8,11-12H,2-5H2,1H3. The molecule has 1 saturated carbocycles. The lowest BCUT2D eigenvalue weighted by Gasteiger charge is -2.29. The molecule has 2 atom stereocenters. The van der Waals surface area contributed by atoms with E-state index in [1.165, 1.54) is 0 Å². The molecule has 2 unspecified atom stereocenters. The summed E-state index contributed by atoms with van der Waals surface area (Å²) < 4.78 is 0. The largest absolute Gasteiger partial charge is 0.316 e. The van der Waals surface area contributed by atoms with Gasteiger partial charge in [-0.2, -0.15) is 0 Å². The van der Waals surface area contributed by atoms with Gasteiger partial charge in [0.1, 0.15) is 0 Å². The molecule has 82 valence electrons. The quantitative estimate of drug-likeness (QED) is 0.617. The van der Waals surface area contributed by atoms with E-state index in [0.29, 0.717) is 24.7 Å². The van der Waals surface area contributed by atoms with Crippen LogP contribution in [-0.2, 0) is 9.59 Å². The summed E-state index contributed by atoms with van der Waals surface area (Å²) in [5.74, 6) is 1.44. The minimum absolute atomic E-state index is 0.0538. The number of nitrogens with zero attached hydrogens (tertiary/aromatic N) is 1. The van der Waals surface area contributed by atoms with E-state index in [1.54, 1.807) is 4.90 Å². The number of imide groups is 1. The summed E-state index contributed by atoms with van der Waals surface area (Å²) in [4.78, 5) is 25.2. The highest BCUT2D eigenvalue weighted by Crippen LogP contribution is 2.47. The second-order valence-corrected chi connectivity index (χ2v) is 5.15. The van der Waals surface area contributed by atoms with Crippen LogP contribution in [0.1, 0.15) is 19.8 Å². The summed E-state index contributed by atoms with van der Waals surface area (Å²) >= 11 is 0. The van der Waals surface area contributed by atoms with Crippen LogP contribution in [0.3, 0.4) is 0 Å². The third-order valence-electron chi connectivity index (χ3n) is 3.93. The number of likely N-dealkylation sites (tertiary alicyclic amines) is 1. The fourth-order valence-corrected chi connectivity index (χ4v) is 3.11. The highest BCUT2D eigenvalue weighted by atomic mass is 16.2. The van der Waals surface area contributed by atoms with Crippen LogP contribution in [0.2, 0.25) is 0 Å². The van der Waals surface area contributed by atoms with Crippen LogP contribution in [0.5, 0.6) is 0 Å². The molecule has 2 amide bonds. The van der Waals surface area contributed by atoms with Crippen molar-refractivity contribution in [2.45, 2.75) is 25.8 Å². The van der Waals surface area contributed by atoms with Gasteiger partial charge in [-0.15, -0.1) is 0 Å². The monoisotopic (exact) mass is 208 g/mol. The van der Waals surface area contributed by atoms with Crippen LogP contribution in [0.25, 0.3) is 0 Å². The van der Waals surface area contributed by atoms with Crippen LogP contribution in [-0.4, -0.2) is 35.8 Å². The highest BCUT2D eigenvalue weighted by molar-refractivity contribution is 5.98. The summed E-state index contributed by atoms with van der Waals surface area (Å²) in [5, 5.41) is 3.28. The van der Waals surface area contributed by atoms with Crippen molar-refractivity contribution in [1.82, 2.24) is 10.2 Å². The zero-order chi connectivity index (χ0) is 10.6. The van der Waals surface area contributed by atoms with Gasteiger partial charge < -0.3 is 5.32 Å². The summed E-state index contributed by atoms with van der Waals surface area (Å²) in [6.07, 6.45) is 1.10. The predicted molar refractivity (Wildman–Crippen MR) is 53.9 cm³/mol. The third kappa shape index (κ3) is 1.31. The molecule has 3 rings (SSSR count). The van der Waals surface area contributed by atoms with Crippen molar-refractivity contribution in [3.63, 3.8) is 0 Å². The first kappa shape index (κ1) is 9.33. The van der Waals surface area contributed by atoms with E-state index in [2.05, 4.69) is 5.32 Å². The molecule has 1 N–H and O–H groups in total. The molecule has 2 aliphatic heterocycles. The lowest BCUT2D eigenvalue weighted by Crippen LogP contribution is -2.46. The highest BCUT2D eigenvalue weighted by Gasteiger charge is 2.59. The Morgan fingerprint density at radius 3 is 2.20 bits per heavy atom. The third-order valence-corrected chi connectivity index (χ3v) is 3.93. The number of carbonyl (C=O) groups is 2. The average Bonchev–Trinajstić information content (AvgIpc) is 2.63. The van der Waals surface area contributed by atoms with E-state index >= 15 is 0 Å². The molecular formula is C11H16N2O2. The number of nitrogens with one attached hydrogen (secondary N) is 1. The lowest BCUT2D eigenvalue weighted by atomic mass is 9.97. The fourth-order valence-electron chi connectivity index (χ4n) is 3.11. The number of carbonyl (C=O) groups excluding carboxylic acids is 2.